The summed E-state index contributed by atoms with van der Waals surface area (Å²) >= 11 is 0. The third kappa shape index (κ3) is 5.93. The van der Waals surface area contributed by atoms with Gasteiger partial charge in [-0.2, -0.15) is 5.26 Å². The number of amides is 1. The van der Waals surface area contributed by atoms with Gasteiger partial charge in [-0.3, -0.25) is 4.79 Å². The molecule has 37 heavy (non-hydrogen) atoms. The molecule has 3 aromatic carbocycles. The average molecular weight is 519 g/mol. The lowest BCUT2D eigenvalue weighted by Crippen LogP contribution is -2.49. The minimum absolute atomic E-state index is 0.125. The number of ether oxygens (including phenoxy) is 1. The molecule has 4 rings (SSSR count). The van der Waals surface area contributed by atoms with Gasteiger partial charge in [0.1, 0.15) is 5.75 Å². The molecule has 9 heteroatoms. The van der Waals surface area contributed by atoms with Gasteiger partial charge < -0.3 is 14.5 Å². The van der Waals surface area contributed by atoms with Crippen LogP contribution in [0, 0.1) is 11.3 Å². The Morgan fingerprint density at radius 3 is 2.41 bits per heavy atom. The molecular weight excluding hydrogens is 488 g/mol. The highest BCUT2D eigenvalue weighted by Crippen LogP contribution is 2.32. The van der Waals surface area contributed by atoms with Crippen molar-refractivity contribution < 1.29 is 17.9 Å². The lowest BCUT2D eigenvalue weighted by molar-refractivity contribution is 0.0746. The highest BCUT2D eigenvalue weighted by Gasteiger charge is 2.27. The molecule has 1 aliphatic heterocycles. The van der Waals surface area contributed by atoms with Gasteiger partial charge in [0.05, 0.1) is 29.3 Å². The Hall–Kier alpha value is -3.87. The number of benzene rings is 3. The van der Waals surface area contributed by atoms with Crippen LogP contribution in [0.25, 0.3) is 0 Å². The largest absolute Gasteiger partial charge is 0.495 e. The summed E-state index contributed by atoms with van der Waals surface area (Å²) in [6.45, 7) is 2.34. The van der Waals surface area contributed by atoms with E-state index in [1.165, 1.54) is 4.31 Å². The number of nitrogens with zero attached hydrogens (tertiary/aromatic N) is 4. The predicted molar refractivity (Wildman–Crippen MR) is 142 cm³/mol. The van der Waals surface area contributed by atoms with Crippen molar-refractivity contribution in [2.75, 3.05) is 51.8 Å². The van der Waals surface area contributed by atoms with Crippen molar-refractivity contribution in [3.8, 4) is 11.8 Å². The fraction of sp³-hybridized carbons (Fsp3) is 0.286. The predicted octanol–water partition coefficient (Wildman–Crippen LogP) is 3.39. The smallest absolute Gasteiger partial charge is 0.254 e. The van der Waals surface area contributed by atoms with Crippen molar-refractivity contribution in [2.45, 2.75) is 11.3 Å². The van der Waals surface area contributed by atoms with E-state index in [4.69, 9.17) is 10.00 Å². The van der Waals surface area contributed by atoms with E-state index in [0.717, 1.165) is 5.56 Å². The third-order valence-corrected chi connectivity index (χ3v) is 8.42. The Labute approximate surface area is 218 Å². The van der Waals surface area contributed by atoms with Gasteiger partial charge in [0.2, 0.25) is 10.0 Å². The van der Waals surface area contributed by atoms with Crippen molar-refractivity contribution in [2.24, 2.45) is 0 Å². The van der Waals surface area contributed by atoms with Crippen molar-refractivity contribution >= 4 is 21.6 Å². The highest BCUT2D eigenvalue weighted by molar-refractivity contribution is 7.89. The molecule has 1 amide bonds. The first kappa shape index (κ1) is 26.2. The van der Waals surface area contributed by atoms with Gasteiger partial charge >= 0.3 is 0 Å². The quantitative estimate of drug-likeness (QED) is 0.454. The van der Waals surface area contributed by atoms with Crippen LogP contribution >= 0.6 is 0 Å². The summed E-state index contributed by atoms with van der Waals surface area (Å²) in [4.78, 5) is 16.9. The number of sulfonamides is 1. The summed E-state index contributed by atoms with van der Waals surface area (Å²) in [5, 5.41) is 9.12. The molecule has 8 nitrogen and oxygen atoms in total. The van der Waals surface area contributed by atoms with Crippen molar-refractivity contribution in [3.63, 3.8) is 0 Å². The Morgan fingerprint density at radius 1 is 1.00 bits per heavy atom. The first-order chi connectivity index (χ1) is 17.8. The van der Waals surface area contributed by atoms with E-state index in [-0.39, 0.29) is 10.8 Å². The van der Waals surface area contributed by atoms with Crippen molar-refractivity contribution in [1.82, 2.24) is 9.21 Å². The second-order valence-electron chi connectivity index (χ2n) is 8.87. The zero-order chi connectivity index (χ0) is 26.4. The molecule has 0 saturated carbocycles. The topological polar surface area (TPSA) is 94.0 Å². The second kappa shape index (κ2) is 11.5. The number of methoxy groups -OCH3 is 1. The molecule has 1 aliphatic rings. The molecule has 0 atom stereocenters. The molecular formula is C28H30N4O4S. The molecule has 192 valence electrons. The maximum atomic E-state index is 13.3. The van der Waals surface area contributed by atoms with Gasteiger partial charge in [0.15, 0.2) is 0 Å². The molecule has 0 radical (unpaired) electrons. The zero-order valence-electron chi connectivity index (χ0n) is 21.0. The Morgan fingerprint density at radius 2 is 1.73 bits per heavy atom. The maximum absolute atomic E-state index is 13.3. The lowest BCUT2D eigenvalue weighted by atomic mass is 10.1. The molecule has 0 N–H and O–H groups in total. The first-order valence-electron chi connectivity index (χ1n) is 12.1. The molecule has 0 unspecified atom stereocenters. The zero-order valence-corrected chi connectivity index (χ0v) is 21.8. The second-order valence-corrected chi connectivity index (χ2v) is 10.9. The number of hydrogen-bond acceptors (Lipinski definition) is 6. The molecule has 1 saturated heterocycles. The SMILES string of the molecule is COc1ccc(S(=O)(=O)N(C)CCc2ccccc2)cc1N1CCN(C(=O)c2cccc(C#N)c2)CC1. The minimum atomic E-state index is -3.70. The van der Waals surface area contributed by atoms with Crippen molar-refractivity contribution in [3.05, 3.63) is 89.5 Å². The number of hydrogen-bond donors (Lipinski definition) is 0. The number of anilines is 1. The fourth-order valence-electron chi connectivity index (χ4n) is 4.36. The van der Waals surface area contributed by atoms with Crippen LogP contribution in [0.15, 0.2) is 77.7 Å². The third-order valence-electron chi connectivity index (χ3n) is 6.56. The summed E-state index contributed by atoms with van der Waals surface area (Å²) in [6.07, 6.45) is 0.618. The molecule has 0 aromatic heterocycles. The molecule has 0 bridgehead atoms. The van der Waals surface area contributed by atoms with Crippen LogP contribution in [-0.4, -0.2) is 70.4 Å². The summed E-state index contributed by atoms with van der Waals surface area (Å²) in [5.41, 5.74) is 2.68. The standard InChI is InChI=1S/C28H30N4O4S/c1-30(14-13-22-7-4-3-5-8-22)37(34,35)25-11-12-27(36-2)26(20-25)31-15-17-32(18-16-31)28(33)24-10-6-9-23(19-24)21-29/h3-12,19-20H,13-18H2,1-2H3. The van der Waals surface area contributed by atoms with Crippen LogP contribution in [0.3, 0.4) is 0 Å². The van der Waals surface area contributed by atoms with Gasteiger partial charge in [-0.05, 0) is 48.4 Å². The van der Waals surface area contributed by atoms with Gasteiger partial charge in [-0.25, -0.2) is 12.7 Å². The summed E-state index contributed by atoms with van der Waals surface area (Å²) in [7, 11) is -0.554. The normalized spacial score (nSPS) is 13.9. The molecule has 0 spiro atoms. The van der Waals surface area contributed by atoms with Gasteiger partial charge in [-0.15, -0.1) is 0 Å². The number of piperazine rings is 1. The number of carbonyl (C=O) groups is 1. The van der Waals surface area contributed by atoms with E-state index in [1.54, 1.807) is 61.5 Å². The summed E-state index contributed by atoms with van der Waals surface area (Å²) in [6, 6.07) is 23.4. The summed E-state index contributed by atoms with van der Waals surface area (Å²) in [5.74, 6) is 0.451. The van der Waals surface area contributed by atoms with Gasteiger partial charge in [-0.1, -0.05) is 36.4 Å². The van der Waals surface area contributed by atoms with Crippen LogP contribution in [0.2, 0.25) is 0 Å². The van der Waals surface area contributed by atoms with Crippen LogP contribution in [-0.2, 0) is 16.4 Å². The summed E-state index contributed by atoms with van der Waals surface area (Å²) < 4.78 is 33.6. The number of carbonyl (C=O) groups excluding carboxylic acids is 1. The monoisotopic (exact) mass is 518 g/mol. The Balaban J connectivity index is 1.47. The molecule has 0 aliphatic carbocycles. The van der Waals surface area contributed by atoms with Gasteiger partial charge in [0, 0.05) is 45.3 Å². The van der Waals surface area contributed by atoms with E-state index in [9.17, 15) is 13.2 Å². The van der Waals surface area contributed by atoms with E-state index in [1.807, 2.05) is 35.2 Å². The number of rotatable bonds is 8. The van der Waals surface area contributed by atoms with E-state index in [0.29, 0.717) is 61.7 Å². The number of nitriles is 1. The maximum Gasteiger partial charge on any atom is 0.254 e. The number of likely N-dealkylation sites (N-methyl/N-ethyl adjacent to an activating group) is 1. The van der Waals surface area contributed by atoms with E-state index in [2.05, 4.69) is 6.07 Å². The fourth-order valence-corrected chi connectivity index (χ4v) is 5.56. The van der Waals surface area contributed by atoms with Crippen LogP contribution < -0.4 is 9.64 Å². The van der Waals surface area contributed by atoms with Gasteiger partial charge in [0.25, 0.3) is 5.91 Å². The van der Waals surface area contributed by atoms with E-state index < -0.39 is 10.0 Å². The molecule has 1 heterocycles. The van der Waals surface area contributed by atoms with E-state index >= 15 is 0 Å². The molecule has 1 fully saturated rings. The average Bonchev–Trinajstić information content (AvgIpc) is 2.95. The Bertz CT molecular complexity index is 1400. The lowest BCUT2D eigenvalue weighted by Gasteiger charge is -2.37. The van der Waals surface area contributed by atoms with Crippen molar-refractivity contribution in [1.29, 1.82) is 5.26 Å². The molecule has 3 aromatic rings. The highest BCUT2D eigenvalue weighted by atomic mass is 32.2. The minimum Gasteiger partial charge on any atom is -0.495 e. The Kier molecular flexibility index (Phi) is 8.11. The van der Waals surface area contributed by atoms with Crippen LogP contribution in [0.4, 0.5) is 5.69 Å². The van der Waals surface area contributed by atoms with Crippen LogP contribution in [0.1, 0.15) is 21.5 Å². The van der Waals surface area contributed by atoms with Crippen LogP contribution in [0.5, 0.6) is 5.75 Å². The first-order valence-corrected chi connectivity index (χ1v) is 13.5.